The molecule has 0 radical (unpaired) electrons. The number of nitrogens with zero attached hydrogens (tertiary/aromatic N) is 3. The zero-order valence-corrected chi connectivity index (χ0v) is 7.36. The second-order valence-electron chi connectivity index (χ2n) is 2.89. The maximum Gasteiger partial charge on any atom is 0.244 e. The SMILES string of the molecule is NCc1nc(N2CCOCC2)n[nH]1. The molecule has 2 rings (SSSR count). The molecule has 0 amide bonds. The monoisotopic (exact) mass is 183 g/mol. The lowest BCUT2D eigenvalue weighted by atomic mass is 10.4. The van der Waals surface area contributed by atoms with Crippen LogP contribution in [0.1, 0.15) is 5.82 Å². The Bertz CT molecular complexity index is 268. The van der Waals surface area contributed by atoms with Crippen LogP contribution in [0.15, 0.2) is 0 Å². The number of H-pyrrole nitrogens is 1. The summed E-state index contributed by atoms with van der Waals surface area (Å²) in [5.74, 6) is 1.45. The molecule has 6 nitrogen and oxygen atoms in total. The molecule has 0 atom stereocenters. The van der Waals surface area contributed by atoms with Crippen molar-refractivity contribution in [1.29, 1.82) is 0 Å². The zero-order valence-electron chi connectivity index (χ0n) is 7.36. The van der Waals surface area contributed by atoms with Crippen molar-refractivity contribution >= 4 is 5.95 Å². The average Bonchev–Trinajstić information content (AvgIpc) is 2.67. The van der Waals surface area contributed by atoms with E-state index in [0.717, 1.165) is 38.1 Å². The van der Waals surface area contributed by atoms with Gasteiger partial charge in [0.1, 0.15) is 5.82 Å². The van der Waals surface area contributed by atoms with Gasteiger partial charge in [0.2, 0.25) is 5.95 Å². The molecule has 3 N–H and O–H groups in total. The molecule has 2 heterocycles. The molecule has 13 heavy (non-hydrogen) atoms. The Morgan fingerprint density at radius 1 is 1.46 bits per heavy atom. The summed E-state index contributed by atoms with van der Waals surface area (Å²) in [5, 5.41) is 6.85. The van der Waals surface area contributed by atoms with Gasteiger partial charge in [-0.15, -0.1) is 5.10 Å². The van der Waals surface area contributed by atoms with Gasteiger partial charge in [-0.2, -0.15) is 4.98 Å². The third kappa shape index (κ3) is 1.78. The van der Waals surface area contributed by atoms with Crippen molar-refractivity contribution in [3.8, 4) is 0 Å². The highest BCUT2D eigenvalue weighted by molar-refractivity contribution is 5.28. The first-order chi connectivity index (χ1) is 6.40. The van der Waals surface area contributed by atoms with Crippen LogP contribution in [0.4, 0.5) is 5.95 Å². The molecule has 0 bridgehead atoms. The van der Waals surface area contributed by atoms with Gasteiger partial charge in [-0.1, -0.05) is 0 Å². The van der Waals surface area contributed by atoms with E-state index in [1.807, 2.05) is 0 Å². The molecule has 1 saturated heterocycles. The van der Waals surface area contributed by atoms with Crippen molar-refractivity contribution in [2.45, 2.75) is 6.54 Å². The summed E-state index contributed by atoms with van der Waals surface area (Å²) in [6.07, 6.45) is 0. The molecule has 0 saturated carbocycles. The number of aromatic amines is 1. The number of hydrogen-bond donors (Lipinski definition) is 2. The lowest BCUT2D eigenvalue weighted by molar-refractivity contribution is 0.122. The second kappa shape index (κ2) is 3.71. The lowest BCUT2D eigenvalue weighted by Gasteiger charge is -2.25. The molecular weight excluding hydrogens is 170 g/mol. The van der Waals surface area contributed by atoms with Gasteiger partial charge >= 0.3 is 0 Å². The van der Waals surface area contributed by atoms with Gasteiger partial charge in [0.15, 0.2) is 0 Å². The second-order valence-corrected chi connectivity index (χ2v) is 2.89. The molecular formula is C7H13N5O. The van der Waals surface area contributed by atoms with Crippen LogP contribution in [0.5, 0.6) is 0 Å². The summed E-state index contributed by atoms with van der Waals surface area (Å²) < 4.78 is 5.22. The average molecular weight is 183 g/mol. The molecule has 1 fully saturated rings. The van der Waals surface area contributed by atoms with Gasteiger partial charge < -0.3 is 15.4 Å². The van der Waals surface area contributed by atoms with Gasteiger partial charge in [-0.25, -0.2) is 0 Å². The van der Waals surface area contributed by atoms with E-state index in [9.17, 15) is 0 Å². The highest BCUT2D eigenvalue weighted by Crippen LogP contribution is 2.08. The van der Waals surface area contributed by atoms with Gasteiger partial charge in [0.05, 0.1) is 19.8 Å². The van der Waals surface area contributed by atoms with Crippen molar-refractivity contribution in [2.75, 3.05) is 31.2 Å². The van der Waals surface area contributed by atoms with Crippen molar-refractivity contribution in [3.05, 3.63) is 5.82 Å². The van der Waals surface area contributed by atoms with Crippen molar-refractivity contribution < 1.29 is 4.74 Å². The Balaban J connectivity index is 2.05. The maximum atomic E-state index is 5.42. The lowest BCUT2D eigenvalue weighted by Crippen LogP contribution is -2.36. The molecule has 0 aliphatic carbocycles. The van der Waals surface area contributed by atoms with Gasteiger partial charge in [-0.05, 0) is 0 Å². The van der Waals surface area contributed by atoms with E-state index in [2.05, 4.69) is 20.1 Å². The minimum absolute atomic E-state index is 0.400. The number of anilines is 1. The van der Waals surface area contributed by atoms with Crippen LogP contribution in [-0.4, -0.2) is 41.5 Å². The summed E-state index contributed by atoms with van der Waals surface area (Å²) in [7, 11) is 0. The van der Waals surface area contributed by atoms with Crippen LogP contribution < -0.4 is 10.6 Å². The molecule has 1 aliphatic heterocycles. The molecule has 1 aromatic heterocycles. The molecule has 0 unspecified atom stereocenters. The predicted molar refractivity (Wildman–Crippen MR) is 47.3 cm³/mol. The van der Waals surface area contributed by atoms with Crippen LogP contribution >= 0.6 is 0 Å². The van der Waals surface area contributed by atoms with Crippen LogP contribution in [-0.2, 0) is 11.3 Å². The summed E-state index contributed by atoms with van der Waals surface area (Å²) in [4.78, 5) is 6.31. The summed E-state index contributed by atoms with van der Waals surface area (Å²) in [5.41, 5.74) is 5.42. The molecule has 72 valence electrons. The van der Waals surface area contributed by atoms with E-state index >= 15 is 0 Å². The largest absolute Gasteiger partial charge is 0.378 e. The Kier molecular flexibility index (Phi) is 2.42. The first-order valence-electron chi connectivity index (χ1n) is 4.34. The maximum absolute atomic E-state index is 5.42. The van der Waals surface area contributed by atoms with E-state index < -0.39 is 0 Å². The predicted octanol–water partition coefficient (Wildman–Crippen LogP) is -0.900. The fourth-order valence-corrected chi connectivity index (χ4v) is 1.28. The minimum atomic E-state index is 0.400. The Hall–Kier alpha value is -1.14. The normalized spacial score (nSPS) is 17.8. The van der Waals surface area contributed by atoms with Crippen LogP contribution in [0.3, 0.4) is 0 Å². The van der Waals surface area contributed by atoms with Crippen LogP contribution in [0.2, 0.25) is 0 Å². The number of rotatable bonds is 2. The highest BCUT2D eigenvalue weighted by Gasteiger charge is 2.14. The molecule has 1 aromatic rings. The summed E-state index contributed by atoms with van der Waals surface area (Å²) in [6.45, 7) is 3.58. The smallest absolute Gasteiger partial charge is 0.244 e. The quantitative estimate of drug-likeness (QED) is 0.621. The van der Waals surface area contributed by atoms with E-state index in [-0.39, 0.29) is 0 Å². The van der Waals surface area contributed by atoms with Gasteiger partial charge in [0, 0.05) is 13.1 Å². The Morgan fingerprint density at radius 2 is 2.23 bits per heavy atom. The Morgan fingerprint density at radius 3 is 2.85 bits per heavy atom. The van der Waals surface area contributed by atoms with Crippen molar-refractivity contribution in [2.24, 2.45) is 5.73 Å². The third-order valence-electron chi connectivity index (χ3n) is 2.01. The van der Waals surface area contributed by atoms with Crippen LogP contribution in [0.25, 0.3) is 0 Å². The summed E-state index contributed by atoms with van der Waals surface area (Å²) in [6, 6.07) is 0. The van der Waals surface area contributed by atoms with E-state index in [0.29, 0.717) is 6.54 Å². The Labute approximate surface area is 76.1 Å². The van der Waals surface area contributed by atoms with E-state index in [1.54, 1.807) is 0 Å². The molecule has 0 spiro atoms. The van der Waals surface area contributed by atoms with Gasteiger partial charge in [0.25, 0.3) is 0 Å². The zero-order chi connectivity index (χ0) is 9.10. The fourth-order valence-electron chi connectivity index (χ4n) is 1.28. The van der Waals surface area contributed by atoms with Crippen LogP contribution in [0, 0.1) is 0 Å². The topological polar surface area (TPSA) is 80.1 Å². The highest BCUT2D eigenvalue weighted by atomic mass is 16.5. The number of ether oxygens (including phenoxy) is 1. The minimum Gasteiger partial charge on any atom is -0.378 e. The van der Waals surface area contributed by atoms with E-state index in [1.165, 1.54) is 0 Å². The number of aromatic nitrogens is 3. The number of morpholine rings is 1. The molecule has 6 heteroatoms. The van der Waals surface area contributed by atoms with Crippen molar-refractivity contribution in [3.63, 3.8) is 0 Å². The number of hydrogen-bond acceptors (Lipinski definition) is 5. The van der Waals surface area contributed by atoms with Gasteiger partial charge in [-0.3, -0.25) is 5.10 Å². The number of nitrogens with one attached hydrogen (secondary N) is 1. The standard InChI is InChI=1S/C7H13N5O/c8-5-6-9-7(11-10-6)12-1-3-13-4-2-12/h1-5,8H2,(H,9,10,11). The van der Waals surface area contributed by atoms with Crippen molar-refractivity contribution in [1.82, 2.24) is 15.2 Å². The summed E-state index contributed by atoms with van der Waals surface area (Å²) >= 11 is 0. The first kappa shape index (κ1) is 8.46. The van der Waals surface area contributed by atoms with E-state index in [4.69, 9.17) is 10.5 Å². The first-order valence-corrected chi connectivity index (χ1v) is 4.34. The fraction of sp³-hybridized carbons (Fsp3) is 0.714. The number of nitrogens with two attached hydrogens (primary N) is 1. The molecule has 0 aromatic carbocycles. The molecule has 1 aliphatic rings. The third-order valence-corrected chi connectivity index (χ3v) is 2.01.